The van der Waals surface area contributed by atoms with Gasteiger partial charge in [0.2, 0.25) is 0 Å². The Kier molecular flexibility index (Phi) is 5.28. The first-order valence-electron chi connectivity index (χ1n) is 6.80. The van der Waals surface area contributed by atoms with Gasteiger partial charge in [0, 0.05) is 11.1 Å². The van der Waals surface area contributed by atoms with Gasteiger partial charge in [-0.15, -0.1) is 11.6 Å². The van der Waals surface area contributed by atoms with E-state index in [1.54, 1.807) is 6.07 Å². The van der Waals surface area contributed by atoms with Crippen molar-refractivity contribution in [3.8, 4) is 5.75 Å². The minimum Gasteiger partial charge on any atom is -0.492 e. The summed E-state index contributed by atoms with van der Waals surface area (Å²) >= 11 is 19.2. The molecule has 1 aliphatic carbocycles. The van der Waals surface area contributed by atoms with Crippen LogP contribution < -0.4 is 4.74 Å². The zero-order chi connectivity index (χ0) is 14.0. The van der Waals surface area contributed by atoms with Crippen molar-refractivity contribution >= 4 is 34.8 Å². The largest absolute Gasteiger partial charge is 0.492 e. The zero-order valence-electron chi connectivity index (χ0n) is 11.3. The number of ether oxygens (including phenoxy) is 1. The topological polar surface area (TPSA) is 9.23 Å². The van der Waals surface area contributed by atoms with Crippen LogP contribution in [0.3, 0.4) is 0 Å². The summed E-state index contributed by atoms with van der Waals surface area (Å²) in [5, 5.41) is 1.16. The Morgan fingerprint density at radius 2 is 2.00 bits per heavy atom. The summed E-state index contributed by atoms with van der Waals surface area (Å²) in [5.41, 5.74) is 0.926. The zero-order valence-corrected chi connectivity index (χ0v) is 13.5. The van der Waals surface area contributed by atoms with Gasteiger partial charge in [0.15, 0.2) is 0 Å². The van der Waals surface area contributed by atoms with Gasteiger partial charge in [-0.05, 0) is 36.8 Å². The van der Waals surface area contributed by atoms with Crippen molar-refractivity contribution in [2.45, 2.75) is 38.5 Å². The second-order valence-corrected chi connectivity index (χ2v) is 6.50. The van der Waals surface area contributed by atoms with E-state index < -0.39 is 0 Å². The molecule has 0 bridgehead atoms. The summed E-state index contributed by atoms with van der Waals surface area (Å²) in [6.07, 6.45) is 3.66. The molecule has 19 heavy (non-hydrogen) atoms. The lowest BCUT2D eigenvalue weighted by Gasteiger charge is -2.23. The minimum atomic E-state index is -0.0711. The van der Waals surface area contributed by atoms with Gasteiger partial charge in [0.05, 0.1) is 17.0 Å². The first-order valence-corrected chi connectivity index (χ1v) is 7.99. The van der Waals surface area contributed by atoms with Crippen LogP contribution in [-0.2, 0) is 0 Å². The molecule has 0 N–H and O–H groups in total. The van der Waals surface area contributed by atoms with Gasteiger partial charge in [-0.2, -0.15) is 0 Å². The minimum absolute atomic E-state index is 0.0711. The van der Waals surface area contributed by atoms with E-state index in [1.807, 2.05) is 13.0 Å². The molecule has 1 nitrogen and oxygen atoms in total. The van der Waals surface area contributed by atoms with Crippen LogP contribution in [0.1, 0.15) is 44.1 Å². The molecule has 1 aromatic rings. The van der Waals surface area contributed by atoms with Crippen molar-refractivity contribution < 1.29 is 4.74 Å². The van der Waals surface area contributed by atoms with E-state index in [-0.39, 0.29) is 5.38 Å². The third-order valence-corrected chi connectivity index (χ3v) is 5.13. The summed E-state index contributed by atoms with van der Waals surface area (Å²) in [6.45, 7) is 4.75. The third-order valence-electron chi connectivity index (χ3n) is 3.95. The standard InChI is InChI=1S/C15H19Cl3O/c1-3-19-14-8-12(16)11(7-13(14)17)15(18)10-6-4-5-9(10)2/h7-10,15H,3-6H2,1-2H3. The van der Waals surface area contributed by atoms with E-state index in [0.29, 0.717) is 34.2 Å². The summed E-state index contributed by atoms with van der Waals surface area (Å²) in [4.78, 5) is 0. The highest BCUT2D eigenvalue weighted by Crippen LogP contribution is 2.46. The van der Waals surface area contributed by atoms with Crippen LogP contribution in [0.25, 0.3) is 0 Å². The van der Waals surface area contributed by atoms with Gasteiger partial charge in [-0.3, -0.25) is 0 Å². The summed E-state index contributed by atoms with van der Waals surface area (Å²) in [5.74, 6) is 1.75. The molecule has 2 rings (SSSR count). The third kappa shape index (κ3) is 3.32. The first-order chi connectivity index (χ1) is 9.04. The lowest BCUT2D eigenvalue weighted by Crippen LogP contribution is -2.11. The highest BCUT2D eigenvalue weighted by Gasteiger charge is 2.32. The monoisotopic (exact) mass is 320 g/mol. The van der Waals surface area contributed by atoms with E-state index >= 15 is 0 Å². The lowest BCUT2D eigenvalue weighted by atomic mass is 9.90. The molecule has 4 heteroatoms. The molecule has 3 unspecified atom stereocenters. The van der Waals surface area contributed by atoms with E-state index in [4.69, 9.17) is 39.5 Å². The highest BCUT2D eigenvalue weighted by molar-refractivity contribution is 6.35. The molecule has 1 aromatic carbocycles. The van der Waals surface area contributed by atoms with Crippen molar-refractivity contribution in [3.63, 3.8) is 0 Å². The maximum Gasteiger partial charge on any atom is 0.139 e. The summed E-state index contributed by atoms with van der Waals surface area (Å²) < 4.78 is 5.44. The van der Waals surface area contributed by atoms with Crippen LogP contribution in [0.4, 0.5) is 0 Å². The average molecular weight is 322 g/mol. The van der Waals surface area contributed by atoms with Crippen LogP contribution in [0.5, 0.6) is 5.75 Å². The van der Waals surface area contributed by atoms with Crippen molar-refractivity contribution in [2.75, 3.05) is 6.61 Å². The molecule has 0 spiro atoms. The fraction of sp³-hybridized carbons (Fsp3) is 0.600. The number of halogens is 3. The average Bonchev–Trinajstić information content (AvgIpc) is 2.79. The van der Waals surface area contributed by atoms with Gasteiger partial charge in [-0.25, -0.2) is 0 Å². The Labute approximate surface area is 130 Å². The number of rotatable bonds is 4. The fourth-order valence-electron chi connectivity index (χ4n) is 2.86. The maximum atomic E-state index is 6.63. The smallest absolute Gasteiger partial charge is 0.139 e. The molecule has 0 saturated heterocycles. The molecule has 3 atom stereocenters. The molecule has 1 saturated carbocycles. The van der Waals surface area contributed by atoms with Crippen LogP contribution in [0.2, 0.25) is 10.0 Å². The molecule has 1 fully saturated rings. The number of benzene rings is 1. The molecule has 0 aliphatic heterocycles. The molecule has 106 valence electrons. The van der Waals surface area contributed by atoms with Crippen molar-refractivity contribution in [3.05, 3.63) is 27.7 Å². The number of alkyl halides is 1. The Bertz CT molecular complexity index is 447. The number of hydrogen-bond donors (Lipinski definition) is 0. The first kappa shape index (κ1) is 15.3. The normalized spacial score (nSPS) is 24.5. The molecule has 0 heterocycles. The van der Waals surface area contributed by atoms with E-state index in [0.717, 1.165) is 12.0 Å². The predicted molar refractivity (Wildman–Crippen MR) is 82.7 cm³/mol. The number of hydrogen-bond acceptors (Lipinski definition) is 1. The lowest BCUT2D eigenvalue weighted by molar-refractivity contribution is 0.340. The van der Waals surface area contributed by atoms with Crippen LogP contribution in [0, 0.1) is 11.8 Å². The predicted octanol–water partition coefficient (Wildman–Crippen LogP) is 6.11. The molecule has 0 radical (unpaired) electrons. The van der Waals surface area contributed by atoms with Gasteiger partial charge < -0.3 is 4.74 Å². The van der Waals surface area contributed by atoms with Gasteiger partial charge in [0.25, 0.3) is 0 Å². The summed E-state index contributed by atoms with van der Waals surface area (Å²) in [7, 11) is 0. The van der Waals surface area contributed by atoms with E-state index in [1.165, 1.54) is 12.8 Å². The Morgan fingerprint density at radius 1 is 1.26 bits per heavy atom. The Hall–Kier alpha value is -0.110. The quantitative estimate of drug-likeness (QED) is 0.608. The van der Waals surface area contributed by atoms with Gasteiger partial charge >= 0.3 is 0 Å². The SMILES string of the molecule is CCOc1cc(Cl)c(C(Cl)C2CCCC2C)cc1Cl. The van der Waals surface area contributed by atoms with E-state index in [9.17, 15) is 0 Å². The van der Waals surface area contributed by atoms with Crippen LogP contribution in [0.15, 0.2) is 12.1 Å². The van der Waals surface area contributed by atoms with Crippen LogP contribution >= 0.6 is 34.8 Å². The Balaban J connectivity index is 2.26. The van der Waals surface area contributed by atoms with Crippen LogP contribution in [-0.4, -0.2) is 6.61 Å². The fourth-order valence-corrected chi connectivity index (χ4v) is 3.97. The molecular formula is C15H19Cl3O. The second-order valence-electron chi connectivity index (χ2n) is 5.21. The van der Waals surface area contributed by atoms with Crippen molar-refractivity contribution in [1.82, 2.24) is 0 Å². The molecule has 0 aromatic heterocycles. The second kappa shape index (κ2) is 6.56. The van der Waals surface area contributed by atoms with Crippen molar-refractivity contribution in [2.24, 2.45) is 11.8 Å². The molecule has 0 amide bonds. The molecular weight excluding hydrogens is 303 g/mol. The molecule has 1 aliphatic rings. The Morgan fingerprint density at radius 3 is 2.58 bits per heavy atom. The van der Waals surface area contributed by atoms with E-state index in [2.05, 4.69) is 6.92 Å². The van der Waals surface area contributed by atoms with Crippen molar-refractivity contribution in [1.29, 1.82) is 0 Å². The maximum absolute atomic E-state index is 6.63. The highest BCUT2D eigenvalue weighted by atomic mass is 35.5. The van der Waals surface area contributed by atoms with Gasteiger partial charge in [-0.1, -0.05) is 43.0 Å². The van der Waals surface area contributed by atoms with Gasteiger partial charge in [0.1, 0.15) is 5.75 Å². The summed E-state index contributed by atoms with van der Waals surface area (Å²) in [6, 6.07) is 3.63.